The molecule has 19 heavy (non-hydrogen) atoms. The number of rotatable bonds is 5. The molecular weight excluding hydrogens is 313 g/mol. The molecule has 0 amide bonds. The Morgan fingerprint density at radius 1 is 1.53 bits per heavy atom. The van der Waals surface area contributed by atoms with Gasteiger partial charge in [0, 0.05) is 23.0 Å². The molecule has 0 aliphatic heterocycles. The van der Waals surface area contributed by atoms with Gasteiger partial charge in [-0.1, -0.05) is 15.9 Å². The molecule has 0 radical (unpaired) electrons. The van der Waals surface area contributed by atoms with Crippen molar-refractivity contribution < 1.29 is 4.39 Å². The summed E-state index contributed by atoms with van der Waals surface area (Å²) in [6.07, 6.45) is 1.96. The highest BCUT2D eigenvalue weighted by molar-refractivity contribution is 9.10. The van der Waals surface area contributed by atoms with E-state index in [0.717, 1.165) is 10.3 Å². The fraction of sp³-hybridized carbons (Fsp3) is 0.333. The second kappa shape index (κ2) is 6.23. The Balaban J connectivity index is 2.27. The molecular formula is C12H15BrFN5. The first-order valence-corrected chi connectivity index (χ1v) is 6.72. The maximum Gasteiger partial charge on any atom is 0.138 e. The summed E-state index contributed by atoms with van der Waals surface area (Å²) in [6.45, 7) is 2.69. The Kier molecular flexibility index (Phi) is 4.62. The molecule has 1 atom stereocenters. The molecule has 0 saturated heterocycles. The molecule has 0 fully saturated rings. The number of aromatic nitrogens is 3. The zero-order valence-corrected chi connectivity index (χ0v) is 12.1. The highest BCUT2D eigenvalue weighted by atomic mass is 79.9. The minimum atomic E-state index is -0.355. The highest BCUT2D eigenvalue weighted by Gasteiger charge is 2.18. The third-order valence-corrected chi connectivity index (χ3v) is 3.41. The summed E-state index contributed by atoms with van der Waals surface area (Å²) in [6, 6.07) is 4.42. The van der Waals surface area contributed by atoms with Gasteiger partial charge in [0.25, 0.3) is 0 Å². The van der Waals surface area contributed by atoms with Crippen LogP contribution in [0.15, 0.2) is 29.0 Å². The van der Waals surface area contributed by atoms with Crippen LogP contribution in [0.25, 0.3) is 0 Å². The van der Waals surface area contributed by atoms with Crippen molar-refractivity contribution in [3.63, 3.8) is 0 Å². The Bertz CT molecular complexity index is 557. The summed E-state index contributed by atoms with van der Waals surface area (Å²) in [5, 5.41) is 4.09. The average Bonchev–Trinajstić information content (AvgIpc) is 2.86. The summed E-state index contributed by atoms with van der Waals surface area (Å²) in [4.78, 5) is 4.17. The largest absolute Gasteiger partial charge is 0.271 e. The van der Waals surface area contributed by atoms with E-state index in [1.165, 1.54) is 12.4 Å². The van der Waals surface area contributed by atoms with Crippen LogP contribution < -0.4 is 11.3 Å². The minimum Gasteiger partial charge on any atom is -0.271 e. The van der Waals surface area contributed by atoms with Crippen molar-refractivity contribution in [3.05, 3.63) is 46.2 Å². The molecule has 0 spiro atoms. The summed E-state index contributed by atoms with van der Waals surface area (Å²) in [5.74, 6) is 6.01. The van der Waals surface area contributed by atoms with Gasteiger partial charge in [-0.05, 0) is 25.1 Å². The van der Waals surface area contributed by atoms with E-state index in [-0.39, 0.29) is 11.9 Å². The third kappa shape index (κ3) is 3.17. The van der Waals surface area contributed by atoms with E-state index in [1.807, 2.05) is 6.92 Å². The predicted molar refractivity (Wildman–Crippen MR) is 73.6 cm³/mol. The number of nitrogens with one attached hydrogen (secondary N) is 1. The summed E-state index contributed by atoms with van der Waals surface area (Å²) in [5.41, 5.74) is 3.14. The first-order chi connectivity index (χ1) is 9.15. The molecule has 2 aromatic rings. The third-order valence-electron chi connectivity index (χ3n) is 2.92. The van der Waals surface area contributed by atoms with Gasteiger partial charge in [-0.2, -0.15) is 5.10 Å². The predicted octanol–water partition coefficient (Wildman–Crippen LogP) is 1.95. The molecule has 7 heteroatoms. The molecule has 2 rings (SSSR count). The number of hydrogen-bond acceptors (Lipinski definition) is 4. The van der Waals surface area contributed by atoms with E-state index >= 15 is 0 Å². The van der Waals surface area contributed by atoms with Gasteiger partial charge in [0.1, 0.15) is 18.0 Å². The minimum absolute atomic E-state index is 0.297. The van der Waals surface area contributed by atoms with Gasteiger partial charge in [0.15, 0.2) is 0 Å². The SMILES string of the molecule is CCn1ncnc1CC(NN)c1cc(Br)ccc1F. The van der Waals surface area contributed by atoms with Gasteiger partial charge < -0.3 is 0 Å². The number of benzene rings is 1. The van der Waals surface area contributed by atoms with Crippen LogP contribution >= 0.6 is 15.9 Å². The van der Waals surface area contributed by atoms with Gasteiger partial charge in [-0.3, -0.25) is 16.0 Å². The van der Waals surface area contributed by atoms with Crippen molar-refractivity contribution in [2.24, 2.45) is 5.84 Å². The lowest BCUT2D eigenvalue weighted by molar-refractivity contribution is 0.485. The van der Waals surface area contributed by atoms with Crippen molar-refractivity contribution in [2.75, 3.05) is 0 Å². The van der Waals surface area contributed by atoms with Crippen LogP contribution in [0, 0.1) is 5.82 Å². The topological polar surface area (TPSA) is 68.8 Å². The lowest BCUT2D eigenvalue weighted by Gasteiger charge is -2.17. The van der Waals surface area contributed by atoms with E-state index in [2.05, 4.69) is 31.4 Å². The van der Waals surface area contributed by atoms with E-state index in [0.29, 0.717) is 18.5 Å². The number of nitrogens with zero attached hydrogens (tertiary/aromatic N) is 3. The molecule has 0 aliphatic rings. The standard InChI is InChI=1S/C12H15BrFN5/c1-2-19-12(16-7-17-19)6-11(18-15)9-5-8(13)3-4-10(9)14/h3-5,7,11,18H,2,6,15H2,1H3. The normalized spacial score (nSPS) is 12.6. The van der Waals surface area contributed by atoms with E-state index < -0.39 is 0 Å². The van der Waals surface area contributed by atoms with Gasteiger partial charge in [0.05, 0.1) is 6.04 Å². The molecule has 1 aromatic heterocycles. The molecule has 102 valence electrons. The van der Waals surface area contributed by atoms with Crippen molar-refractivity contribution in [3.8, 4) is 0 Å². The van der Waals surface area contributed by atoms with Gasteiger partial charge >= 0.3 is 0 Å². The first-order valence-electron chi connectivity index (χ1n) is 5.93. The van der Waals surface area contributed by atoms with Crippen LogP contribution in [0.2, 0.25) is 0 Å². The van der Waals surface area contributed by atoms with Crippen molar-refractivity contribution in [2.45, 2.75) is 25.9 Å². The molecule has 1 heterocycles. The molecule has 1 aromatic carbocycles. The Hall–Kier alpha value is -1.31. The Labute approximate surface area is 119 Å². The lowest BCUT2D eigenvalue weighted by Crippen LogP contribution is -2.31. The number of hydrazine groups is 1. The molecule has 3 N–H and O–H groups in total. The molecule has 5 nitrogen and oxygen atoms in total. The van der Waals surface area contributed by atoms with Crippen LogP contribution in [-0.4, -0.2) is 14.8 Å². The Morgan fingerprint density at radius 2 is 2.32 bits per heavy atom. The Morgan fingerprint density at radius 3 is 3.00 bits per heavy atom. The highest BCUT2D eigenvalue weighted by Crippen LogP contribution is 2.23. The molecule has 0 aliphatic carbocycles. The fourth-order valence-corrected chi connectivity index (χ4v) is 2.31. The fourth-order valence-electron chi connectivity index (χ4n) is 1.93. The first kappa shape index (κ1) is 14.1. The maximum atomic E-state index is 13.9. The monoisotopic (exact) mass is 327 g/mol. The van der Waals surface area contributed by atoms with Crippen LogP contribution in [-0.2, 0) is 13.0 Å². The zero-order valence-electron chi connectivity index (χ0n) is 10.5. The van der Waals surface area contributed by atoms with Crippen LogP contribution in [0.5, 0.6) is 0 Å². The van der Waals surface area contributed by atoms with E-state index in [9.17, 15) is 4.39 Å². The molecule has 0 saturated carbocycles. The van der Waals surface area contributed by atoms with Crippen LogP contribution in [0.3, 0.4) is 0 Å². The lowest BCUT2D eigenvalue weighted by atomic mass is 10.0. The van der Waals surface area contributed by atoms with Crippen molar-refractivity contribution in [1.82, 2.24) is 20.2 Å². The molecule has 1 unspecified atom stereocenters. The van der Waals surface area contributed by atoms with Gasteiger partial charge in [-0.15, -0.1) is 0 Å². The number of aryl methyl sites for hydroxylation is 1. The van der Waals surface area contributed by atoms with Gasteiger partial charge in [0.2, 0.25) is 0 Å². The van der Waals surface area contributed by atoms with Crippen molar-refractivity contribution >= 4 is 15.9 Å². The average molecular weight is 328 g/mol. The van der Waals surface area contributed by atoms with E-state index in [4.69, 9.17) is 5.84 Å². The smallest absolute Gasteiger partial charge is 0.138 e. The van der Waals surface area contributed by atoms with Crippen LogP contribution in [0.4, 0.5) is 4.39 Å². The summed E-state index contributed by atoms with van der Waals surface area (Å²) >= 11 is 3.33. The quantitative estimate of drug-likeness (QED) is 0.650. The summed E-state index contributed by atoms with van der Waals surface area (Å²) < 4.78 is 16.4. The van der Waals surface area contributed by atoms with Crippen molar-refractivity contribution in [1.29, 1.82) is 0 Å². The second-order valence-electron chi connectivity index (χ2n) is 4.08. The number of nitrogens with two attached hydrogens (primary N) is 1. The zero-order chi connectivity index (χ0) is 13.8. The summed E-state index contributed by atoms with van der Waals surface area (Å²) in [7, 11) is 0. The number of halogens is 2. The molecule has 0 bridgehead atoms. The number of hydrogen-bond donors (Lipinski definition) is 2. The maximum absolute atomic E-state index is 13.9. The van der Waals surface area contributed by atoms with Gasteiger partial charge in [-0.25, -0.2) is 9.37 Å². The van der Waals surface area contributed by atoms with E-state index in [1.54, 1.807) is 16.8 Å². The second-order valence-corrected chi connectivity index (χ2v) is 5.00. The van der Waals surface area contributed by atoms with Crippen LogP contribution in [0.1, 0.15) is 24.4 Å².